The number of nitrogens with zero attached hydrogens (tertiary/aromatic N) is 2. The number of esters is 1. The van der Waals surface area contributed by atoms with Gasteiger partial charge in [-0.3, -0.25) is 4.79 Å². The van der Waals surface area contributed by atoms with Crippen molar-refractivity contribution in [2.45, 2.75) is 70.4 Å². The Bertz CT molecular complexity index is 571. The minimum absolute atomic E-state index is 0.141. The topological polar surface area (TPSA) is 72.6 Å². The molecule has 1 aromatic heterocycles. The number of amides is 1. The summed E-state index contributed by atoms with van der Waals surface area (Å²) in [4.78, 5) is 30.7. The van der Waals surface area contributed by atoms with Crippen LogP contribution in [0.3, 0.4) is 0 Å². The van der Waals surface area contributed by atoms with Crippen LogP contribution < -0.4 is 0 Å². The van der Waals surface area contributed by atoms with Crippen molar-refractivity contribution in [2.24, 2.45) is 5.92 Å². The zero-order valence-electron chi connectivity index (χ0n) is 14.3. The molecule has 0 N–H and O–H groups in total. The van der Waals surface area contributed by atoms with Crippen molar-refractivity contribution in [1.82, 2.24) is 9.88 Å². The fourth-order valence-corrected chi connectivity index (χ4v) is 3.91. The normalized spacial score (nSPS) is 19.4. The average molecular weight is 334 g/mol. The molecule has 0 saturated heterocycles. The number of methoxy groups -OCH3 is 1. The van der Waals surface area contributed by atoms with E-state index >= 15 is 0 Å². The fourth-order valence-electron chi connectivity index (χ4n) is 3.91. The molecule has 0 spiro atoms. The Morgan fingerprint density at radius 2 is 1.83 bits per heavy atom. The molecule has 1 amide bonds. The van der Waals surface area contributed by atoms with Crippen LogP contribution in [0.25, 0.3) is 0 Å². The molecule has 0 aliphatic heterocycles. The highest BCUT2D eigenvalue weighted by Crippen LogP contribution is 2.31. The maximum atomic E-state index is 13.0. The first-order valence-electron chi connectivity index (χ1n) is 9.02. The van der Waals surface area contributed by atoms with Crippen molar-refractivity contribution in [1.29, 1.82) is 0 Å². The fraction of sp³-hybridized carbons (Fsp3) is 0.722. The van der Waals surface area contributed by atoms with E-state index in [1.807, 2.05) is 4.90 Å². The standard InChI is InChI=1S/C18H26N2O4/c1-23-18(22)15-12-24-16(19-15)11-20(14-9-3-2-4-10-14)17(21)13-7-5-6-8-13/h12-14H,2-11H2,1H3. The lowest BCUT2D eigenvalue weighted by Crippen LogP contribution is -2.43. The molecule has 1 heterocycles. The molecule has 6 heteroatoms. The van der Waals surface area contributed by atoms with Crippen LogP contribution in [0.15, 0.2) is 10.7 Å². The number of carbonyl (C=O) groups excluding carboxylic acids is 2. The summed E-state index contributed by atoms with van der Waals surface area (Å²) in [5.74, 6) is 0.267. The average Bonchev–Trinajstić information content (AvgIpc) is 3.31. The largest absolute Gasteiger partial charge is 0.464 e. The van der Waals surface area contributed by atoms with Gasteiger partial charge in [-0.05, 0) is 25.7 Å². The number of rotatable bonds is 5. The first kappa shape index (κ1) is 17.0. The molecule has 24 heavy (non-hydrogen) atoms. The van der Waals surface area contributed by atoms with E-state index in [1.54, 1.807) is 0 Å². The van der Waals surface area contributed by atoms with Gasteiger partial charge in [0.05, 0.1) is 13.7 Å². The van der Waals surface area contributed by atoms with Gasteiger partial charge in [0, 0.05) is 12.0 Å². The molecule has 6 nitrogen and oxygen atoms in total. The summed E-state index contributed by atoms with van der Waals surface area (Å²) in [5.41, 5.74) is 0.157. The third-order valence-electron chi connectivity index (χ3n) is 5.25. The van der Waals surface area contributed by atoms with Gasteiger partial charge in [0.2, 0.25) is 11.8 Å². The molecule has 1 aromatic rings. The highest BCUT2D eigenvalue weighted by molar-refractivity contribution is 5.86. The number of oxazole rings is 1. The Labute approximate surface area is 142 Å². The molecule has 3 rings (SSSR count). The van der Waals surface area contributed by atoms with E-state index < -0.39 is 5.97 Å². The molecule has 2 aliphatic rings. The first-order valence-corrected chi connectivity index (χ1v) is 9.02. The summed E-state index contributed by atoms with van der Waals surface area (Å²) in [6, 6.07) is 0.264. The number of ether oxygens (including phenoxy) is 1. The zero-order valence-corrected chi connectivity index (χ0v) is 14.3. The lowest BCUT2D eigenvalue weighted by atomic mass is 9.93. The predicted octanol–water partition coefficient (Wildman–Crippen LogP) is 3.31. The second-order valence-electron chi connectivity index (χ2n) is 6.86. The van der Waals surface area contributed by atoms with E-state index in [-0.39, 0.29) is 23.6 Å². The number of hydrogen-bond acceptors (Lipinski definition) is 5. The van der Waals surface area contributed by atoms with Gasteiger partial charge < -0.3 is 14.1 Å². The van der Waals surface area contributed by atoms with Gasteiger partial charge in [-0.15, -0.1) is 0 Å². The Morgan fingerprint density at radius 1 is 1.17 bits per heavy atom. The van der Waals surface area contributed by atoms with E-state index in [1.165, 1.54) is 19.8 Å². The Balaban J connectivity index is 1.74. The summed E-state index contributed by atoms with van der Waals surface area (Å²) in [6.07, 6.45) is 11.2. The number of aromatic nitrogens is 1. The monoisotopic (exact) mass is 334 g/mol. The summed E-state index contributed by atoms with van der Waals surface area (Å²) in [5, 5.41) is 0. The maximum absolute atomic E-state index is 13.0. The third kappa shape index (κ3) is 3.79. The van der Waals surface area contributed by atoms with Crippen LogP contribution in [0.5, 0.6) is 0 Å². The van der Waals surface area contributed by atoms with Crippen LogP contribution in [-0.2, 0) is 16.1 Å². The van der Waals surface area contributed by atoms with Gasteiger partial charge >= 0.3 is 5.97 Å². The molecule has 0 radical (unpaired) electrons. The first-order chi connectivity index (χ1) is 11.7. The molecule has 0 aromatic carbocycles. The van der Waals surface area contributed by atoms with Crippen molar-refractivity contribution >= 4 is 11.9 Å². The van der Waals surface area contributed by atoms with Crippen LogP contribution >= 0.6 is 0 Å². The molecular formula is C18H26N2O4. The van der Waals surface area contributed by atoms with Gasteiger partial charge in [-0.1, -0.05) is 32.1 Å². The van der Waals surface area contributed by atoms with E-state index in [0.717, 1.165) is 51.4 Å². The minimum Gasteiger partial charge on any atom is -0.464 e. The quantitative estimate of drug-likeness (QED) is 0.772. The van der Waals surface area contributed by atoms with Crippen molar-refractivity contribution in [3.63, 3.8) is 0 Å². The van der Waals surface area contributed by atoms with Gasteiger partial charge in [0.25, 0.3) is 0 Å². The van der Waals surface area contributed by atoms with Crippen LogP contribution in [-0.4, -0.2) is 34.9 Å². The van der Waals surface area contributed by atoms with Crippen LogP contribution in [0.1, 0.15) is 74.2 Å². The molecule has 0 atom stereocenters. The highest BCUT2D eigenvalue weighted by atomic mass is 16.5. The second-order valence-corrected chi connectivity index (χ2v) is 6.86. The van der Waals surface area contributed by atoms with E-state index in [9.17, 15) is 9.59 Å². The van der Waals surface area contributed by atoms with Gasteiger partial charge in [-0.2, -0.15) is 0 Å². The van der Waals surface area contributed by atoms with Crippen LogP contribution in [0.4, 0.5) is 0 Å². The smallest absolute Gasteiger partial charge is 0.360 e. The van der Waals surface area contributed by atoms with Crippen LogP contribution in [0.2, 0.25) is 0 Å². The zero-order chi connectivity index (χ0) is 16.9. The molecule has 132 valence electrons. The molecule has 2 fully saturated rings. The number of hydrogen-bond donors (Lipinski definition) is 0. The van der Waals surface area contributed by atoms with E-state index in [4.69, 9.17) is 4.42 Å². The van der Waals surface area contributed by atoms with Crippen molar-refractivity contribution in [3.05, 3.63) is 17.8 Å². The van der Waals surface area contributed by atoms with E-state index in [0.29, 0.717) is 12.4 Å². The summed E-state index contributed by atoms with van der Waals surface area (Å²) >= 11 is 0. The number of carbonyl (C=O) groups is 2. The van der Waals surface area contributed by atoms with E-state index in [2.05, 4.69) is 9.72 Å². The summed E-state index contributed by atoms with van der Waals surface area (Å²) in [7, 11) is 1.31. The Morgan fingerprint density at radius 3 is 2.50 bits per heavy atom. The van der Waals surface area contributed by atoms with Crippen molar-refractivity contribution in [3.8, 4) is 0 Å². The SMILES string of the molecule is COC(=O)c1coc(CN(C(=O)C2CCCC2)C2CCCCC2)n1. The van der Waals surface area contributed by atoms with Crippen LogP contribution in [0, 0.1) is 5.92 Å². The molecule has 0 bridgehead atoms. The van der Waals surface area contributed by atoms with Gasteiger partial charge in [-0.25, -0.2) is 9.78 Å². The summed E-state index contributed by atoms with van der Waals surface area (Å²) in [6.45, 7) is 0.344. The molecule has 2 aliphatic carbocycles. The van der Waals surface area contributed by atoms with Gasteiger partial charge in [0.1, 0.15) is 6.26 Å². The van der Waals surface area contributed by atoms with Crippen molar-refractivity contribution < 1.29 is 18.7 Å². The lowest BCUT2D eigenvalue weighted by molar-refractivity contribution is -0.139. The third-order valence-corrected chi connectivity index (χ3v) is 5.25. The van der Waals surface area contributed by atoms with Crippen molar-refractivity contribution in [2.75, 3.05) is 7.11 Å². The van der Waals surface area contributed by atoms with Gasteiger partial charge in [0.15, 0.2) is 5.69 Å². The minimum atomic E-state index is -0.517. The molecule has 2 saturated carbocycles. The molecule has 0 unspecified atom stereocenters. The lowest BCUT2D eigenvalue weighted by Gasteiger charge is -2.35. The Kier molecular flexibility index (Phi) is 5.53. The second kappa shape index (κ2) is 7.81. The predicted molar refractivity (Wildman–Crippen MR) is 87.2 cm³/mol. The maximum Gasteiger partial charge on any atom is 0.360 e. The Hall–Kier alpha value is -1.85. The molecular weight excluding hydrogens is 308 g/mol. The summed E-state index contributed by atoms with van der Waals surface area (Å²) < 4.78 is 10.1. The highest BCUT2D eigenvalue weighted by Gasteiger charge is 2.33.